The van der Waals surface area contributed by atoms with Crippen LogP contribution in [0.15, 0.2) is 42.5 Å². The summed E-state index contributed by atoms with van der Waals surface area (Å²) in [5.74, 6) is 1.41. The number of nitrogen functional groups attached to an aromatic ring is 1. The Labute approximate surface area is 111 Å². The molecule has 0 fully saturated rings. The fourth-order valence-corrected chi connectivity index (χ4v) is 1.81. The van der Waals surface area contributed by atoms with Gasteiger partial charge in [0.2, 0.25) is 0 Å². The van der Waals surface area contributed by atoms with Gasteiger partial charge in [-0.05, 0) is 24.3 Å². The van der Waals surface area contributed by atoms with Gasteiger partial charge in [-0.25, -0.2) is 0 Å². The molecule has 18 heavy (non-hydrogen) atoms. The highest BCUT2D eigenvalue weighted by atomic mass is 35.5. The summed E-state index contributed by atoms with van der Waals surface area (Å²) in [5, 5.41) is 0.595. The lowest BCUT2D eigenvalue weighted by molar-refractivity contribution is 0.298. The van der Waals surface area contributed by atoms with Gasteiger partial charge >= 0.3 is 0 Å². The first-order chi connectivity index (χ1) is 8.70. The number of halogens is 1. The normalized spacial score (nSPS) is 10.1. The average molecular weight is 264 g/mol. The summed E-state index contributed by atoms with van der Waals surface area (Å²) in [6, 6.07) is 12.9. The molecule has 0 saturated heterocycles. The number of para-hydroxylation sites is 1. The molecule has 0 aliphatic heterocycles. The zero-order valence-electron chi connectivity index (χ0n) is 10.0. The van der Waals surface area contributed by atoms with E-state index in [1.807, 2.05) is 24.3 Å². The number of nitrogens with two attached hydrogens (primary N) is 1. The quantitative estimate of drug-likeness (QED) is 0.859. The van der Waals surface area contributed by atoms with Crippen LogP contribution in [-0.4, -0.2) is 7.11 Å². The number of methoxy groups -OCH3 is 1. The Balaban J connectivity index is 2.11. The average Bonchev–Trinajstić information content (AvgIpc) is 2.38. The minimum atomic E-state index is 0.399. The topological polar surface area (TPSA) is 44.5 Å². The summed E-state index contributed by atoms with van der Waals surface area (Å²) in [4.78, 5) is 0. The molecule has 0 radical (unpaired) electrons. The molecular weight excluding hydrogens is 250 g/mol. The second kappa shape index (κ2) is 5.65. The number of anilines is 1. The van der Waals surface area contributed by atoms with Crippen molar-refractivity contribution in [2.75, 3.05) is 12.8 Å². The minimum absolute atomic E-state index is 0.399. The Kier molecular flexibility index (Phi) is 3.95. The van der Waals surface area contributed by atoms with Crippen LogP contribution in [0.25, 0.3) is 0 Å². The zero-order valence-corrected chi connectivity index (χ0v) is 10.8. The van der Waals surface area contributed by atoms with Gasteiger partial charge in [0, 0.05) is 10.6 Å². The molecule has 0 aliphatic rings. The van der Waals surface area contributed by atoms with Gasteiger partial charge in [0.05, 0.1) is 12.8 Å². The molecule has 4 heteroatoms. The van der Waals surface area contributed by atoms with Crippen molar-refractivity contribution in [3.8, 4) is 11.5 Å². The predicted molar refractivity (Wildman–Crippen MR) is 73.2 cm³/mol. The van der Waals surface area contributed by atoms with Crippen molar-refractivity contribution < 1.29 is 9.47 Å². The fraction of sp³-hybridized carbons (Fsp3) is 0.143. The molecule has 0 aliphatic carbocycles. The van der Waals surface area contributed by atoms with Crippen LogP contribution in [0.3, 0.4) is 0 Å². The molecule has 2 aromatic rings. The van der Waals surface area contributed by atoms with Crippen LogP contribution in [-0.2, 0) is 6.61 Å². The zero-order chi connectivity index (χ0) is 13.0. The van der Waals surface area contributed by atoms with E-state index >= 15 is 0 Å². The summed E-state index contributed by atoms with van der Waals surface area (Å²) < 4.78 is 10.9. The van der Waals surface area contributed by atoms with E-state index in [9.17, 15) is 0 Å². The van der Waals surface area contributed by atoms with E-state index < -0.39 is 0 Å². The SMILES string of the molecule is COc1ccccc1COc1ccc(Cl)cc1N. The molecule has 3 nitrogen and oxygen atoms in total. The summed E-state index contributed by atoms with van der Waals surface area (Å²) >= 11 is 5.83. The molecule has 0 spiro atoms. The maximum atomic E-state index is 5.83. The van der Waals surface area contributed by atoms with Crippen LogP contribution in [0.2, 0.25) is 5.02 Å². The van der Waals surface area contributed by atoms with Gasteiger partial charge in [-0.1, -0.05) is 29.8 Å². The van der Waals surface area contributed by atoms with Gasteiger partial charge in [-0.15, -0.1) is 0 Å². The van der Waals surface area contributed by atoms with Crippen LogP contribution in [0, 0.1) is 0 Å². The molecule has 2 rings (SSSR count). The first-order valence-corrected chi connectivity index (χ1v) is 5.88. The minimum Gasteiger partial charge on any atom is -0.496 e. The van der Waals surface area contributed by atoms with Crippen LogP contribution in [0.4, 0.5) is 5.69 Å². The Morgan fingerprint density at radius 3 is 2.61 bits per heavy atom. The lowest BCUT2D eigenvalue weighted by Crippen LogP contribution is -2.00. The molecular formula is C14H14ClNO2. The second-order valence-corrected chi connectivity index (χ2v) is 4.22. The Bertz CT molecular complexity index is 543. The van der Waals surface area contributed by atoms with Crippen LogP contribution in [0.1, 0.15) is 5.56 Å². The summed E-state index contributed by atoms with van der Waals surface area (Å²) in [6.07, 6.45) is 0. The maximum absolute atomic E-state index is 5.83. The van der Waals surface area contributed by atoms with E-state index in [1.54, 1.807) is 25.3 Å². The lowest BCUT2D eigenvalue weighted by atomic mass is 10.2. The van der Waals surface area contributed by atoms with E-state index in [0.29, 0.717) is 23.1 Å². The molecule has 2 aromatic carbocycles. The summed E-state index contributed by atoms with van der Waals surface area (Å²) in [6.45, 7) is 0.399. The lowest BCUT2D eigenvalue weighted by Gasteiger charge is -2.11. The first kappa shape index (κ1) is 12.6. The largest absolute Gasteiger partial charge is 0.496 e. The van der Waals surface area contributed by atoms with Gasteiger partial charge < -0.3 is 15.2 Å². The smallest absolute Gasteiger partial charge is 0.142 e. The van der Waals surface area contributed by atoms with Crippen LogP contribution in [0.5, 0.6) is 11.5 Å². The van der Waals surface area contributed by atoms with Crippen LogP contribution < -0.4 is 15.2 Å². The van der Waals surface area contributed by atoms with Crippen LogP contribution >= 0.6 is 11.6 Å². The van der Waals surface area contributed by atoms with E-state index in [-0.39, 0.29) is 0 Å². The number of rotatable bonds is 4. The third kappa shape index (κ3) is 2.87. The summed E-state index contributed by atoms with van der Waals surface area (Å²) in [7, 11) is 1.63. The third-order valence-electron chi connectivity index (χ3n) is 2.55. The van der Waals surface area contributed by atoms with Crippen molar-refractivity contribution in [2.24, 2.45) is 0 Å². The van der Waals surface area contributed by atoms with E-state index in [1.165, 1.54) is 0 Å². The molecule has 0 heterocycles. The van der Waals surface area contributed by atoms with Crippen molar-refractivity contribution >= 4 is 17.3 Å². The molecule has 0 amide bonds. The van der Waals surface area contributed by atoms with E-state index in [4.69, 9.17) is 26.8 Å². The Hall–Kier alpha value is -1.87. The first-order valence-electron chi connectivity index (χ1n) is 5.50. The van der Waals surface area contributed by atoms with Gasteiger partial charge in [0.25, 0.3) is 0 Å². The van der Waals surface area contributed by atoms with Gasteiger partial charge in [0.15, 0.2) is 0 Å². The molecule has 2 N–H and O–H groups in total. The predicted octanol–water partition coefficient (Wildman–Crippen LogP) is 3.51. The monoisotopic (exact) mass is 263 g/mol. The highest BCUT2D eigenvalue weighted by Crippen LogP contribution is 2.27. The highest BCUT2D eigenvalue weighted by molar-refractivity contribution is 6.30. The van der Waals surface area contributed by atoms with Crippen molar-refractivity contribution in [1.29, 1.82) is 0 Å². The number of hydrogen-bond acceptors (Lipinski definition) is 3. The van der Waals surface area contributed by atoms with E-state index in [0.717, 1.165) is 11.3 Å². The van der Waals surface area contributed by atoms with Gasteiger partial charge in [-0.3, -0.25) is 0 Å². The fourth-order valence-electron chi connectivity index (χ4n) is 1.63. The third-order valence-corrected chi connectivity index (χ3v) is 2.78. The number of benzene rings is 2. The van der Waals surface area contributed by atoms with Crippen molar-refractivity contribution in [1.82, 2.24) is 0 Å². The molecule has 0 aromatic heterocycles. The van der Waals surface area contributed by atoms with Gasteiger partial charge in [0.1, 0.15) is 18.1 Å². The Morgan fingerprint density at radius 1 is 1.11 bits per heavy atom. The van der Waals surface area contributed by atoms with E-state index in [2.05, 4.69) is 0 Å². The molecule has 0 unspecified atom stereocenters. The molecule has 94 valence electrons. The maximum Gasteiger partial charge on any atom is 0.142 e. The van der Waals surface area contributed by atoms with Crippen molar-refractivity contribution in [3.63, 3.8) is 0 Å². The van der Waals surface area contributed by atoms with Crippen molar-refractivity contribution in [2.45, 2.75) is 6.61 Å². The molecule has 0 saturated carbocycles. The summed E-state index contributed by atoms with van der Waals surface area (Å²) in [5.41, 5.74) is 7.31. The number of ether oxygens (including phenoxy) is 2. The van der Waals surface area contributed by atoms with Crippen molar-refractivity contribution in [3.05, 3.63) is 53.1 Å². The van der Waals surface area contributed by atoms with Gasteiger partial charge in [-0.2, -0.15) is 0 Å². The second-order valence-electron chi connectivity index (χ2n) is 3.78. The molecule has 0 bridgehead atoms. The molecule has 0 atom stereocenters. The standard InChI is InChI=1S/C14H14ClNO2/c1-17-13-5-3-2-4-10(13)9-18-14-7-6-11(15)8-12(14)16/h2-8H,9,16H2,1H3. The Morgan fingerprint density at radius 2 is 1.89 bits per heavy atom. The number of hydrogen-bond donors (Lipinski definition) is 1. The highest BCUT2D eigenvalue weighted by Gasteiger charge is 2.05.